The fourth-order valence-electron chi connectivity index (χ4n) is 1.98. The summed E-state index contributed by atoms with van der Waals surface area (Å²) in [4.78, 5) is 12.2. The van der Waals surface area contributed by atoms with Crippen molar-refractivity contribution in [1.82, 2.24) is 0 Å². The molecule has 0 aliphatic heterocycles. The van der Waals surface area contributed by atoms with E-state index in [1.54, 1.807) is 6.07 Å². The number of hydrogen-bond donors (Lipinski definition) is 1. The third-order valence-electron chi connectivity index (χ3n) is 3.26. The van der Waals surface area contributed by atoms with Crippen LogP contribution in [0.3, 0.4) is 0 Å². The molecule has 20 heavy (non-hydrogen) atoms. The first-order chi connectivity index (χ1) is 9.38. The minimum absolute atomic E-state index is 0.228. The van der Waals surface area contributed by atoms with E-state index in [1.807, 2.05) is 26.8 Å². The predicted octanol–water partition coefficient (Wildman–Crippen LogP) is 4.14. The van der Waals surface area contributed by atoms with Crippen LogP contribution in [0.15, 0.2) is 30.3 Å². The highest BCUT2D eigenvalue weighted by atomic mass is 19.2. The van der Waals surface area contributed by atoms with E-state index in [4.69, 9.17) is 0 Å². The highest BCUT2D eigenvalue weighted by Gasteiger charge is 2.12. The Kier molecular flexibility index (Phi) is 3.84. The number of anilines is 1. The Labute approximate surface area is 116 Å². The van der Waals surface area contributed by atoms with Gasteiger partial charge in [-0.3, -0.25) is 4.79 Å². The van der Waals surface area contributed by atoms with Gasteiger partial charge in [0.25, 0.3) is 5.91 Å². The number of aryl methyl sites for hydroxylation is 3. The van der Waals surface area contributed by atoms with Crippen molar-refractivity contribution in [2.45, 2.75) is 20.8 Å². The van der Waals surface area contributed by atoms with Gasteiger partial charge in [-0.15, -0.1) is 0 Å². The highest BCUT2D eigenvalue weighted by Crippen LogP contribution is 2.18. The first-order valence-electron chi connectivity index (χ1n) is 6.22. The molecule has 0 unspecified atom stereocenters. The smallest absolute Gasteiger partial charge is 0.255 e. The number of rotatable bonds is 2. The van der Waals surface area contributed by atoms with Gasteiger partial charge >= 0.3 is 0 Å². The number of hydrogen-bond acceptors (Lipinski definition) is 1. The maximum absolute atomic E-state index is 13.1. The molecule has 104 valence electrons. The molecular formula is C16H15F2NO. The number of benzene rings is 2. The molecular weight excluding hydrogens is 260 g/mol. The van der Waals surface area contributed by atoms with Crippen LogP contribution in [0.25, 0.3) is 0 Å². The molecule has 1 N–H and O–H groups in total. The van der Waals surface area contributed by atoms with Crippen molar-refractivity contribution < 1.29 is 13.6 Å². The van der Waals surface area contributed by atoms with Crippen molar-refractivity contribution in [3.05, 3.63) is 64.2 Å². The molecule has 0 aromatic heterocycles. The number of carbonyl (C=O) groups excluding carboxylic acids is 1. The Balaban J connectivity index is 2.28. The first kappa shape index (κ1) is 14.2. The SMILES string of the molecule is Cc1cc(C)c(C(=O)Nc2ccc(F)c(F)c2)cc1C. The molecule has 2 nitrogen and oxygen atoms in total. The third kappa shape index (κ3) is 2.85. The van der Waals surface area contributed by atoms with Crippen molar-refractivity contribution in [3.8, 4) is 0 Å². The van der Waals surface area contributed by atoms with Crippen molar-refractivity contribution in [1.29, 1.82) is 0 Å². The minimum Gasteiger partial charge on any atom is -0.322 e. The van der Waals surface area contributed by atoms with Crippen LogP contribution in [0.1, 0.15) is 27.0 Å². The van der Waals surface area contributed by atoms with E-state index in [1.165, 1.54) is 6.07 Å². The Bertz CT molecular complexity index is 680. The molecule has 4 heteroatoms. The van der Waals surface area contributed by atoms with Crippen LogP contribution in [0.5, 0.6) is 0 Å². The summed E-state index contributed by atoms with van der Waals surface area (Å²) >= 11 is 0. The average Bonchev–Trinajstić information content (AvgIpc) is 2.38. The van der Waals surface area contributed by atoms with E-state index >= 15 is 0 Å². The van der Waals surface area contributed by atoms with E-state index in [9.17, 15) is 13.6 Å². The van der Waals surface area contributed by atoms with Gasteiger partial charge in [-0.2, -0.15) is 0 Å². The average molecular weight is 275 g/mol. The third-order valence-corrected chi connectivity index (χ3v) is 3.26. The van der Waals surface area contributed by atoms with Gasteiger partial charge in [-0.25, -0.2) is 8.78 Å². The van der Waals surface area contributed by atoms with Crippen LogP contribution in [-0.4, -0.2) is 5.91 Å². The molecule has 2 rings (SSSR count). The highest BCUT2D eigenvalue weighted by molar-refractivity contribution is 6.05. The van der Waals surface area contributed by atoms with Crippen LogP contribution in [0, 0.1) is 32.4 Å². The molecule has 0 radical (unpaired) electrons. The van der Waals surface area contributed by atoms with Gasteiger partial charge in [-0.05, 0) is 55.7 Å². The molecule has 0 heterocycles. The van der Waals surface area contributed by atoms with Crippen molar-refractivity contribution >= 4 is 11.6 Å². The summed E-state index contributed by atoms with van der Waals surface area (Å²) in [6.07, 6.45) is 0. The molecule has 0 bridgehead atoms. The van der Waals surface area contributed by atoms with Crippen LogP contribution in [0.2, 0.25) is 0 Å². The van der Waals surface area contributed by atoms with Crippen LogP contribution in [0.4, 0.5) is 14.5 Å². The van der Waals surface area contributed by atoms with E-state index in [0.717, 1.165) is 28.8 Å². The van der Waals surface area contributed by atoms with Crippen LogP contribution < -0.4 is 5.32 Å². The summed E-state index contributed by atoms with van der Waals surface area (Å²) in [6.45, 7) is 5.73. The normalized spacial score (nSPS) is 10.4. The summed E-state index contributed by atoms with van der Waals surface area (Å²) in [5, 5.41) is 2.57. The molecule has 0 fully saturated rings. The zero-order chi connectivity index (χ0) is 14.9. The Hall–Kier alpha value is -2.23. The van der Waals surface area contributed by atoms with Gasteiger partial charge in [0.2, 0.25) is 0 Å². The standard InChI is InChI=1S/C16H15F2NO/c1-9-6-11(3)13(7-10(9)2)16(20)19-12-4-5-14(17)15(18)8-12/h4-8H,1-3H3,(H,19,20). The maximum Gasteiger partial charge on any atom is 0.255 e. The Morgan fingerprint density at radius 3 is 2.20 bits per heavy atom. The number of amides is 1. The minimum atomic E-state index is -0.986. The monoisotopic (exact) mass is 275 g/mol. The second-order valence-corrected chi connectivity index (χ2v) is 4.83. The van der Waals surface area contributed by atoms with Crippen molar-refractivity contribution in [2.24, 2.45) is 0 Å². The van der Waals surface area contributed by atoms with Gasteiger partial charge in [0.05, 0.1) is 0 Å². The maximum atomic E-state index is 13.1. The fraction of sp³-hybridized carbons (Fsp3) is 0.188. The lowest BCUT2D eigenvalue weighted by molar-refractivity contribution is 0.102. The number of nitrogens with one attached hydrogen (secondary N) is 1. The molecule has 2 aromatic rings. The molecule has 0 aliphatic rings. The second-order valence-electron chi connectivity index (χ2n) is 4.83. The number of halogens is 2. The predicted molar refractivity (Wildman–Crippen MR) is 75.0 cm³/mol. The van der Waals surface area contributed by atoms with Gasteiger partial charge in [-0.1, -0.05) is 6.07 Å². The molecule has 0 spiro atoms. The van der Waals surface area contributed by atoms with Crippen LogP contribution >= 0.6 is 0 Å². The summed E-state index contributed by atoms with van der Waals surface area (Å²) in [5.74, 6) is -2.26. The lowest BCUT2D eigenvalue weighted by atomic mass is 10.0. The van der Waals surface area contributed by atoms with E-state index in [0.29, 0.717) is 5.56 Å². The molecule has 0 saturated heterocycles. The molecule has 0 atom stereocenters. The topological polar surface area (TPSA) is 29.1 Å². The number of carbonyl (C=O) groups is 1. The fourth-order valence-corrected chi connectivity index (χ4v) is 1.98. The van der Waals surface area contributed by atoms with E-state index in [-0.39, 0.29) is 11.6 Å². The summed E-state index contributed by atoms with van der Waals surface area (Å²) < 4.78 is 25.9. The Morgan fingerprint density at radius 1 is 0.900 bits per heavy atom. The first-order valence-corrected chi connectivity index (χ1v) is 6.22. The summed E-state index contributed by atoms with van der Waals surface area (Å²) in [6, 6.07) is 6.99. The zero-order valence-electron chi connectivity index (χ0n) is 11.6. The lowest BCUT2D eigenvalue weighted by Gasteiger charge is -2.10. The summed E-state index contributed by atoms with van der Waals surface area (Å²) in [5.41, 5.74) is 3.70. The quantitative estimate of drug-likeness (QED) is 0.876. The Morgan fingerprint density at radius 2 is 1.55 bits per heavy atom. The molecule has 1 amide bonds. The van der Waals surface area contributed by atoms with Crippen LogP contribution in [-0.2, 0) is 0 Å². The largest absolute Gasteiger partial charge is 0.322 e. The van der Waals surface area contributed by atoms with Gasteiger partial charge in [0, 0.05) is 17.3 Å². The molecule has 0 aliphatic carbocycles. The molecule has 2 aromatic carbocycles. The van der Waals surface area contributed by atoms with Gasteiger partial charge in [0.1, 0.15) is 0 Å². The van der Waals surface area contributed by atoms with Crippen molar-refractivity contribution in [3.63, 3.8) is 0 Å². The lowest BCUT2D eigenvalue weighted by Crippen LogP contribution is -2.14. The summed E-state index contributed by atoms with van der Waals surface area (Å²) in [7, 11) is 0. The van der Waals surface area contributed by atoms with Crippen molar-refractivity contribution in [2.75, 3.05) is 5.32 Å². The zero-order valence-corrected chi connectivity index (χ0v) is 11.6. The molecule has 0 saturated carbocycles. The van der Waals surface area contributed by atoms with Gasteiger partial charge in [0.15, 0.2) is 11.6 Å². The second kappa shape index (κ2) is 5.41. The van der Waals surface area contributed by atoms with Gasteiger partial charge < -0.3 is 5.32 Å². The van der Waals surface area contributed by atoms with E-state index < -0.39 is 11.6 Å². The van der Waals surface area contributed by atoms with E-state index in [2.05, 4.69) is 5.32 Å².